The molecule has 16 nitrogen and oxygen atoms in total. The summed E-state index contributed by atoms with van der Waals surface area (Å²) in [5, 5.41) is 49.6. The number of halogens is 7. The quantitative estimate of drug-likeness (QED) is 0.0278. The van der Waals surface area contributed by atoms with Crippen LogP contribution in [-0.4, -0.2) is 127 Å². The Balaban J connectivity index is 0.000000183. The molecule has 0 spiro atoms. The van der Waals surface area contributed by atoms with Crippen LogP contribution in [0.15, 0.2) is 122 Å². The molecule has 10 rings (SSSR count). The average molecular weight is 1240 g/mol. The summed E-state index contributed by atoms with van der Waals surface area (Å²) in [7, 11) is 0. The lowest BCUT2D eigenvalue weighted by atomic mass is 9.89. The maximum Gasteiger partial charge on any atom is 0.418 e. The first kappa shape index (κ1) is 65.8. The van der Waals surface area contributed by atoms with Crippen LogP contribution in [-0.2, 0) is 58.5 Å². The van der Waals surface area contributed by atoms with Crippen LogP contribution in [0.5, 0.6) is 0 Å². The lowest BCUT2D eigenvalue weighted by Gasteiger charge is -2.41. The molecule has 0 amide bonds. The summed E-state index contributed by atoms with van der Waals surface area (Å²) in [6.45, 7) is 5.44. The van der Waals surface area contributed by atoms with Crippen molar-refractivity contribution in [2.75, 3.05) is 13.2 Å². The molecule has 87 heavy (non-hydrogen) atoms. The highest BCUT2D eigenvalue weighted by molar-refractivity contribution is 6.68. The van der Waals surface area contributed by atoms with E-state index in [1.165, 1.54) is 26.2 Å². The molecule has 4 aromatic carbocycles. The van der Waals surface area contributed by atoms with Gasteiger partial charge in [-0.05, 0) is 127 Å². The van der Waals surface area contributed by atoms with Gasteiger partial charge in [-0.15, -0.1) is 0 Å². The van der Waals surface area contributed by atoms with Gasteiger partial charge >= 0.3 is 30.3 Å². The maximum absolute atomic E-state index is 14.0. The number of benzene rings is 4. The van der Waals surface area contributed by atoms with Crippen molar-refractivity contribution in [3.63, 3.8) is 0 Å². The molecule has 4 heterocycles. The van der Waals surface area contributed by atoms with Gasteiger partial charge in [0.1, 0.15) is 31.0 Å². The molecule has 2 aliphatic heterocycles. The minimum Gasteiger partial charge on any atom is -0.463 e. The van der Waals surface area contributed by atoms with Gasteiger partial charge < -0.3 is 49.2 Å². The molecular formula is C64H65ClF6N2O14. The average Bonchev–Trinajstić information content (AvgIpc) is 2.45. The van der Waals surface area contributed by atoms with Crippen molar-refractivity contribution < 1.29 is 94.7 Å². The highest BCUT2D eigenvalue weighted by Crippen LogP contribution is 2.43. The Bertz CT molecular complexity index is 3390. The van der Waals surface area contributed by atoms with Crippen molar-refractivity contribution in [3.8, 4) is 22.5 Å². The van der Waals surface area contributed by atoms with Crippen LogP contribution >= 0.6 is 11.6 Å². The minimum absolute atomic E-state index is 0.0403. The van der Waals surface area contributed by atoms with Crippen LogP contribution < -0.4 is 0 Å². The molecule has 0 bridgehead atoms. The summed E-state index contributed by atoms with van der Waals surface area (Å²) in [5.74, 6) is -1.37. The van der Waals surface area contributed by atoms with Crippen molar-refractivity contribution in [3.05, 3.63) is 177 Å². The number of hydrogen-bond donors (Lipinski definition) is 5. The van der Waals surface area contributed by atoms with Gasteiger partial charge in [-0.1, -0.05) is 91.9 Å². The highest BCUT2D eigenvalue weighted by Gasteiger charge is 2.47. The lowest BCUT2D eigenvalue weighted by molar-refractivity contribution is -0.285. The molecule has 0 radical (unpaired) electrons. The van der Waals surface area contributed by atoms with Crippen LogP contribution in [0.25, 0.3) is 22.5 Å². The lowest BCUT2D eigenvalue weighted by Crippen LogP contribution is -2.59. The van der Waals surface area contributed by atoms with Crippen molar-refractivity contribution in [2.45, 2.75) is 146 Å². The fourth-order valence-corrected chi connectivity index (χ4v) is 10.5. The standard InChI is InChI=1S/C29H28F3NO7.C23H17ClF3NO.C12H20O6/c30-29(31,32)21-11-15(13-33-23(21)17-4-2-1-3-5-17)10-19-9-8-18(16-6-7-16)12-20(19)27(37)40-26-24(35)22(14-34)39-28(38)25(26)36;24-22(29)19-12-17(15-6-7-15)8-9-18(19)10-14-11-20(23(25,26)27)21(28-13-14)16-4-2-1-3-5-16;1-6-7(2)17-10(5-16-8(3)13)12(11(6)15)18-9(4)14/h1-5,8-9,11-13,16,22,24-26,28,34-36,38H,6-7,10,14H2;1-5,8-9,11-13,15H,6-7,10H2;6-7,10-12,15H,5H2,1-4H3. The zero-order valence-corrected chi connectivity index (χ0v) is 48.3. The second kappa shape index (κ2) is 28.3. The van der Waals surface area contributed by atoms with E-state index in [-0.39, 0.29) is 59.9 Å². The SMILES string of the molecule is CC(=O)OCC1OC(C)C(C)C(O)C1OC(C)=O.O=C(Cl)c1cc(C2CC2)ccc1Cc1cnc(-c2ccccc2)c(C(F)(F)F)c1.O=C(OC1C(O)C(O)OC(CO)C1O)c1cc(C2CC2)ccc1Cc1cnc(-c2ccccc2)c(C(F)(F)F)c1. The third-order valence-electron chi connectivity index (χ3n) is 15.4. The summed E-state index contributed by atoms with van der Waals surface area (Å²) >= 11 is 5.75. The maximum atomic E-state index is 14.0. The van der Waals surface area contributed by atoms with Crippen LogP contribution in [0.4, 0.5) is 26.3 Å². The molecule has 4 fully saturated rings. The molecule has 4 aliphatic rings. The highest BCUT2D eigenvalue weighted by atomic mass is 35.5. The molecule has 2 aromatic heterocycles. The van der Waals surface area contributed by atoms with Gasteiger partial charge in [0.25, 0.3) is 5.24 Å². The molecule has 10 unspecified atom stereocenters. The fourth-order valence-electron chi connectivity index (χ4n) is 10.3. The summed E-state index contributed by atoms with van der Waals surface area (Å²) in [6.07, 6.45) is -13.0. The van der Waals surface area contributed by atoms with Gasteiger partial charge in [0.2, 0.25) is 0 Å². The number of esters is 3. The number of carbonyl (C=O) groups excluding carboxylic acids is 4. The number of carbonyl (C=O) groups is 4. The van der Waals surface area contributed by atoms with E-state index in [1.54, 1.807) is 84.9 Å². The normalized spacial score (nSPS) is 23.6. The molecule has 2 aliphatic carbocycles. The van der Waals surface area contributed by atoms with Gasteiger partial charge in [0.05, 0.1) is 46.9 Å². The number of aliphatic hydroxyl groups is 5. The van der Waals surface area contributed by atoms with E-state index in [1.807, 2.05) is 26.0 Å². The second-order valence-corrected chi connectivity index (χ2v) is 22.3. The van der Waals surface area contributed by atoms with Crippen molar-refractivity contribution in [1.29, 1.82) is 0 Å². The summed E-state index contributed by atoms with van der Waals surface area (Å²) in [6, 6.07) is 28.9. The Hall–Kier alpha value is -7.15. The second-order valence-electron chi connectivity index (χ2n) is 21.9. The summed E-state index contributed by atoms with van der Waals surface area (Å²) in [5.41, 5.74) is 2.51. The number of ether oxygens (including phenoxy) is 5. The van der Waals surface area contributed by atoms with Gasteiger partial charge in [-0.25, -0.2) is 4.79 Å². The van der Waals surface area contributed by atoms with Gasteiger partial charge in [0, 0.05) is 48.8 Å². The van der Waals surface area contributed by atoms with E-state index >= 15 is 0 Å². The van der Waals surface area contributed by atoms with Crippen molar-refractivity contribution in [1.82, 2.24) is 9.97 Å². The van der Waals surface area contributed by atoms with E-state index in [9.17, 15) is 71.1 Å². The Morgan fingerprint density at radius 1 is 0.598 bits per heavy atom. The number of pyridine rings is 2. The van der Waals surface area contributed by atoms with Crippen LogP contribution in [0.2, 0.25) is 0 Å². The van der Waals surface area contributed by atoms with Gasteiger partial charge in [0.15, 0.2) is 18.5 Å². The predicted octanol–water partition coefficient (Wildman–Crippen LogP) is 10.1. The van der Waals surface area contributed by atoms with E-state index in [0.29, 0.717) is 39.3 Å². The zero-order valence-electron chi connectivity index (χ0n) is 47.6. The van der Waals surface area contributed by atoms with E-state index < -0.39 is 102 Å². The zero-order chi connectivity index (χ0) is 63.1. The largest absolute Gasteiger partial charge is 0.463 e. The number of hydrogen-bond acceptors (Lipinski definition) is 16. The van der Waals surface area contributed by atoms with Crippen LogP contribution in [0, 0.1) is 5.92 Å². The van der Waals surface area contributed by atoms with Crippen molar-refractivity contribution >= 4 is 34.8 Å². The third-order valence-corrected chi connectivity index (χ3v) is 15.6. The first-order valence-corrected chi connectivity index (χ1v) is 28.4. The fraction of sp³-hybridized carbons (Fsp3) is 0.406. The van der Waals surface area contributed by atoms with Crippen LogP contribution in [0.3, 0.4) is 0 Å². The number of aliphatic hydroxyl groups excluding tert-OH is 5. The third kappa shape index (κ3) is 16.9. The first-order chi connectivity index (χ1) is 41.2. The molecule has 23 heteroatoms. The van der Waals surface area contributed by atoms with Crippen molar-refractivity contribution in [2.24, 2.45) is 5.92 Å². The van der Waals surface area contributed by atoms with Gasteiger partial charge in [-0.3, -0.25) is 24.4 Å². The number of rotatable bonds is 15. The Morgan fingerprint density at radius 2 is 1.08 bits per heavy atom. The molecule has 464 valence electrons. The van der Waals surface area contributed by atoms with E-state index in [4.69, 9.17) is 35.3 Å². The van der Waals surface area contributed by atoms with Gasteiger partial charge in [-0.2, -0.15) is 26.3 Å². The number of aromatic nitrogens is 2. The van der Waals surface area contributed by atoms with E-state index in [2.05, 4.69) is 9.97 Å². The molecule has 6 aromatic rings. The first-order valence-electron chi connectivity index (χ1n) is 28.1. The Kier molecular flexibility index (Phi) is 21.4. The number of nitrogens with zero attached hydrogens (tertiary/aromatic N) is 2. The summed E-state index contributed by atoms with van der Waals surface area (Å²) < 4.78 is 109. The molecular weight excluding hydrogens is 1170 g/mol. The molecule has 2 saturated carbocycles. The topological polar surface area (TPSA) is 241 Å². The minimum atomic E-state index is -4.68. The molecule has 10 atom stereocenters. The molecule has 2 saturated heterocycles. The number of alkyl halides is 6. The molecule has 5 N–H and O–H groups in total. The smallest absolute Gasteiger partial charge is 0.418 e. The Labute approximate surface area is 502 Å². The summed E-state index contributed by atoms with van der Waals surface area (Å²) in [4.78, 5) is 55.3. The van der Waals surface area contributed by atoms with E-state index in [0.717, 1.165) is 48.9 Å². The predicted molar refractivity (Wildman–Crippen MR) is 303 cm³/mol. The Morgan fingerprint density at radius 3 is 1.52 bits per heavy atom. The van der Waals surface area contributed by atoms with Crippen LogP contribution in [0.1, 0.15) is 130 Å². The monoisotopic (exact) mass is 1230 g/mol.